The Hall–Kier alpha value is -1.66. The zero-order valence-corrected chi connectivity index (χ0v) is 14.6. The molecule has 0 saturated heterocycles. The number of carbonyl (C=O) groups is 2. The predicted molar refractivity (Wildman–Crippen MR) is 89.1 cm³/mol. The molecule has 0 amide bonds. The summed E-state index contributed by atoms with van der Waals surface area (Å²) in [7, 11) is 0. The fourth-order valence-corrected chi connectivity index (χ4v) is 2.27. The molecular weight excluding hydrogens is 416 g/mol. The van der Waals surface area contributed by atoms with Crippen LogP contribution in [0.1, 0.15) is 10.4 Å². The number of ketones is 1. The van der Waals surface area contributed by atoms with Gasteiger partial charge in [-0.25, -0.2) is 4.79 Å². The largest absolute Gasteiger partial charge is 0.482 e. The van der Waals surface area contributed by atoms with Crippen LogP contribution in [-0.4, -0.2) is 25.0 Å². The van der Waals surface area contributed by atoms with Crippen LogP contribution < -0.4 is 4.74 Å². The molecule has 0 saturated carbocycles. The van der Waals surface area contributed by atoms with Gasteiger partial charge in [0.15, 0.2) is 19.0 Å². The number of Topliss-reactive ketones (excluding diaryl/α,β-unsaturated/α-hetero) is 1. The zero-order chi connectivity index (χ0) is 15.9. The Labute approximate surface area is 144 Å². The molecule has 2 aromatic carbocycles. The lowest BCUT2D eigenvalue weighted by atomic mass is 10.1. The first kappa shape index (κ1) is 16.7. The van der Waals surface area contributed by atoms with E-state index >= 15 is 0 Å². The number of carbonyl (C=O) groups excluding carboxylic acids is 2. The summed E-state index contributed by atoms with van der Waals surface area (Å²) in [6, 6.07) is 14.0. The number of hydrogen-bond donors (Lipinski definition) is 0. The van der Waals surface area contributed by atoms with E-state index in [0.29, 0.717) is 11.3 Å². The fraction of sp³-hybridized carbons (Fsp3) is 0.125. The summed E-state index contributed by atoms with van der Waals surface area (Å²) >= 11 is 6.59. The van der Waals surface area contributed by atoms with Gasteiger partial charge in [0.1, 0.15) is 5.75 Å². The molecule has 0 unspecified atom stereocenters. The maximum absolute atomic E-state index is 11.9. The summed E-state index contributed by atoms with van der Waals surface area (Å²) in [6.07, 6.45) is 0. The van der Waals surface area contributed by atoms with Crippen molar-refractivity contribution in [1.82, 2.24) is 0 Å². The number of halogens is 2. The van der Waals surface area contributed by atoms with E-state index in [1.54, 1.807) is 42.5 Å². The van der Waals surface area contributed by atoms with Gasteiger partial charge in [-0.15, -0.1) is 0 Å². The highest BCUT2D eigenvalue weighted by atomic mass is 79.9. The number of ether oxygens (including phenoxy) is 2. The molecule has 2 rings (SSSR count). The van der Waals surface area contributed by atoms with Crippen molar-refractivity contribution in [2.45, 2.75) is 0 Å². The Kier molecular flexibility index (Phi) is 6.15. The molecule has 0 aromatic heterocycles. The van der Waals surface area contributed by atoms with E-state index in [9.17, 15) is 9.59 Å². The molecule has 0 radical (unpaired) electrons. The van der Waals surface area contributed by atoms with Gasteiger partial charge in [0, 0.05) is 14.5 Å². The van der Waals surface area contributed by atoms with Crippen molar-refractivity contribution < 1.29 is 19.1 Å². The summed E-state index contributed by atoms with van der Waals surface area (Å²) in [6.45, 7) is -0.549. The summed E-state index contributed by atoms with van der Waals surface area (Å²) in [5, 5.41) is 0. The van der Waals surface area contributed by atoms with E-state index in [1.165, 1.54) is 0 Å². The molecule has 0 spiro atoms. The van der Waals surface area contributed by atoms with Crippen molar-refractivity contribution in [3.63, 3.8) is 0 Å². The highest BCUT2D eigenvalue weighted by molar-refractivity contribution is 9.10. The van der Waals surface area contributed by atoms with E-state index in [4.69, 9.17) is 9.47 Å². The molecule has 6 heteroatoms. The normalized spacial score (nSPS) is 10.1. The predicted octanol–water partition coefficient (Wildman–Crippen LogP) is 4.02. The van der Waals surface area contributed by atoms with Gasteiger partial charge >= 0.3 is 5.97 Å². The lowest BCUT2D eigenvalue weighted by molar-refractivity contribution is -0.144. The molecular formula is C16H12Br2O4. The van der Waals surface area contributed by atoms with Crippen molar-refractivity contribution >= 4 is 43.6 Å². The third-order valence-corrected chi connectivity index (χ3v) is 3.70. The Bertz CT molecular complexity index is 668. The van der Waals surface area contributed by atoms with Crippen molar-refractivity contribution in [2.75, 3.05) is 13.2 Å². The quantitative estimate of drug-likeness (QED) is 0.516. The van der Waals surface area contributed by atoms with Crippen LogP contribution >= 0.6 is 31.9 Å². The Morgan fingerprint density at radius 2 is 1.64 bits per heavy atom. The first-order valence-electron chi connectivity index (χ1n) is 6.37. The minimum absolute atomic E-state index is 0.243. The van der Waals surface area contributed by atoms with Crippen LogP contribution in [0.4, 0.5) is 0 Å². The number of benzene rings is 2. The minimum Gasteiger partial charge on any atom is -0.482 e. The summed E-state index contributed by atoms with van der Waals surface area (Å²) in [4.78, 5) is 23.4. The van der Waals surface area contributed by atoms with E-state index in [2.05, 4.69) is 31.9 Å². The third-order valence-electron chi connectivity index (χ3n) is 2.68. The van der Waals surface area contributed by atoms with Gasteiger partial charge in [-0.2, -0.15) is 0 Å². The van der Waals surface area contributed by atoms with Crippen molar-refractivity contribution in [3.05, 3.63) is 63.0 Å². The zero-order valence-electron chi connectivity index (χ0n) is 11.4. The lowest BCUT2D eigenvalue weighted by Crippen LogP contribution is -2.19. The lowest BCUT2D eigenvalue weighted by Gasteiger charge is -2.07. The highest BCUT2D eigenvalue weighted by Crippen LogP contribution is 2.16. The van der Waals surface area contributed by atoms with Crippen LogP contribution in [0.5, 0.6) is 5.75 Å². The number of hydrogen-bond acceptors (Lipinski definition) is 4. The molecule has 0 N–H and O–H groups in total. The van der Waals surface area contributed by atoms with Gasteiger partial charge in [-0.05, 0) is 36.4 Å². The molecule has 0 aliphatic carbocycles. The van der Waals surface area contributed by atoms with Gasteiger partial charge in [0.25, 0.3) is 0 Å². The average Bonchev–Trinajstić information content (AvgIpc) is 2.52. The van der Waals surface area contributed by atoms with Gasteiger partial charge in [-0.3, -0.25) is 4.79 Å². The molecule has 0 fully saturated rings. The number of esters is 1. The van der Waals surface area contributed by atoms with Crippen LogP contribution in [0.25, 0.3) is 0 Å². The molecule has 2 aromatic rings. The second kappa shape index (κ2) is 8.10. The van der Waals surface area contributed by atoms with E-state index in [-0.39, 0.29) is 19.0 Å². The van der Waals surface area contributed by atoms with Crippen LogP contribution in [0.3, 0.4) is 0 Å². The Morgan fingerprint density at radius 3 is 2.32 bits per heavy atom. The molecule has 0 bridgehead atoms. The second-order valence-corrected chi connectivity index (χ2v) is 6.17. The molecule has 114 valence electrons. The summed E-state index contributed by atoms with van der Waals surface area (Å²) < 4.78 is 11.9. The second-order valence-electron chi connectivity index (χ2n) is 4.34. The summed E-state index contributed by atoms with van der Waals surface area (Å²) in [5.74, 6) is -0.303. The maximum atomic E-state index is 11.9. The van der Waals surface area contributed by atoms with E-state index in [1.807, 2.05) is 6.07 Å². The summed E-state index contributed by atoms with van der Waals surface area (Å²) in [5.41, 5.74) is 0.482. The molecule has 0 atom stereocenters. The maximum Gasteiger partial charge on any atom is 0.344 e. The van der Waals surface area contributed by atoms with Crippen LogP contribution in [0.15, 0.2) is 57.5 Å². The van der Waals surface area contributed by atoms with Crippen LogP contribution in [-0.2, 0) is 9.53 Å². The first-order chi connectivity index (χ1) is 10.5. The highest BCUT2D eigenvalue weighted by Gasteiger charge is 2.11. The fourth-order valence-electron chi connectivity index (χ4n) is 1.61. The molecule has 0 heterocycles. The number of rotatable bonds is 6. The molecule has 0 aliphatic heterocycles. The van der Waals surface area contributed by atoms with Crippen LogP contribution in [0.2, 0.25) is 0 Å². The van der Waals surface area contributed by atoms with Gasteiger partial charge in [-0.1, -0.05) is 44.0 Å². The third kappa shape index (κ3) is 5.27. The van der Waals surface area contributed by atoms with E-state index in [0.717, 1.165) is 8.95 Å². The van der Waals surface area contributed by atoms with Crippen LogP contribution in [0, 0.1) is 0 Å². The monoisotopic (exact) mass is 426 g/mol. The average molecular weight is 428 g/mol. The Balaban J connectivity index is 1.78. The molecule has 22 heavy (non-hydrogen) atoms. The minimum atomic E-state index is -0.591. The molecule has 4 nitrogen and oxygen atoms in total. The molecule has 0 aliphatic rings. The Morgan fingerprint density at radius 1 is 0.909 bits per heavy atom. The van der Waals surface area contributed by atoms with E-state index < -0.39 is 5.97 Å². The van der Waals surface area contributed by atoms with Crippen molar-refractivity contribution in [3.8, 4) is 5.75 Å². The van der Waals surface area contributed by atoms with Gasteiger partial charge in [0.05, 0.1) is 0 Å². The first-order valence-corrected chi connectivity index (χ1v) is 7.96. The van der Waals surface area contributed by atoms with Gasteiger partial charge in [0.2, 0.25) is 0 Å². The smallest absolute Gasteiger partial charge is 0.344 e. The van der Waals surface area contributed by atoms with Gasteiger partial charge < -0.3 is 9.47 Å². The standard InChI is InChI=1S/C16H12Br2O4/c17-12-4-6-14(7-5-12)21-10-16(20)22-9-15(19)11-2-1-3-13(18)8-11/h1-8H,9-10H2. The van der Waals surface area contributed by atoms with Crippen molar-refractivity contribution in [2.24, 2.45) is 0 Å². The SMILES string of the molecule is O=C(COc1ccc(Br)cc1)OCC(=O)c1cccc(Br)c1. The topological polar surface area (TPSA) is 52.6 Å². The van der Waals surface area contributed by atoms with Crippen molar-refractivity contribution in [1.29, 1.82) is 0 Å².